The number of carbonyl (C=O) groups excluding carboxylic acids is 1. The Hall–Kier alpha value is -2.31. The maximum atomic E-state index is 11.5. The summed E-state index contributed by atoms with van der Waals surface area (Å²) in [5, 5.41) is 16.0. The molecule has 19 heavy (non-hydrogen) atoms. The van der Waals surface area contributed by atoms with Crippen molar-refractivity contribution >= 4 is 17.4 Å². The van der Waals surface area contributed by atoms with E-state index in [2.05, 4.69) is 10.6 Å². The lowest BCUT2D eigenvalue weighted by molar-refractivity contribution is -0.385. The molecule has 0 saturated heterocycles. The molecular weight excluding hydrogens is 250 g/mol. The van der Waals surface area contributed by atoms with Crippen molar-refractivity contribution in [1.29, 1.82) is 0 Å². The van der Waals surface area contributed by atoms with Gasteiger partial charge in [-0.1, -0.05) is 13.8 Å². The molecule has 0 radical (unpaired) electrons. The number of nitro groups is 1. The Kier molecular flexibility index (Phi) is 5.11. The molecule has 1 rings (SSSR count). The predicted molar refractivity (Wildman–Crippen MR) is 71.5 cm³/mol. The first kappa shape index (κ1) is 14.7. The van der Waals surface area contributed by atoms with Gasteiger partial charge in [-0.05, 0) is 18.1 Å². The first-order chi connectivity index (χ1) is 8.93. The Bertz CT molecular complexity index is 474. The minimum Gasteiger partial charge on any atom is -0.490 e. The molecule has 0 aliphatic carbocycles. The molecule has 0 saturated carbocycles. The lowest BCUT2D eigenvalue weighted by Crippen LogP contribution is -2.31. The van der Waals surface area contributed by atoms with Crippen molar-refractivity contribution in [2.45, 2.75) is 13.8 Å². The van der Waals surface area contributed by atoms with Crippen molar-refractivity contribution in [3.8, 4) is 5.75 Å². The van der Waals surface area contributed by atoms with Crippen molar-refractivity contribution in [2.24, 2.45) is 5.92 Å². The van der Waals surface area contributed by atoms with Crippen LogP contribution >= 0.6 is 0 Å². The van der Waals surface area contributed by atoms with Crippen molar-refractivity contribution in [3.05, 3.63) is 28.3 Å². The summed E-state index contributed by atoms with van der Waals surface area (Å²) in [5.41, 5.74) is 0.151. The maximum absolute atomic E-state index is 11.5. The molecule has 0 heterocycles. The average Bonchev–Trinajstić information content (AvgIpc) is 2.36. The minimum atomic E-state index is -0.559. The monoisotopic (exact) mass is 267 g/mol. The lowest BCUT2D eigenvalue weighted by atomic mass is 10.2. The first-order valence-electron chi connectivity index (χ1n) is 5.81. The molecule has 0 bridgehead atoms. The second-order valence-corrected chi connectivity index (χ2v) is 4.37. The van der Waals surface area contributed by atoms with Crippen LogP contribution in [0.2, 0.25) is 0 Å². The third kappa shape index (κ3) is 4.46. The number of amides is 2. The summed E-state index contributed by atoms with van der Waals surface area (Å²) in [6.45, 7) is 4.47. The van der Waals surface area contributed by atoms with Gasteiger partial charge in [-0.25, -0.2) is 4.79 Å². The number of carbonyl (C=O) groups is 1. The molecule has 0 aromatic heterocycles. The standard InChI is InChI=1S/C12H17N3O4/c1-8(2)7-13-12(16)14-9-4-5-11(19-3)10(6-9)15(17)18/h4-6,8H,7H2,1-3H3,(H2,13,14,16). The molecule has 0 aliphatic heterocycles. The van der Waals surface area contributed by atoms with E-state index >= 15 is 0 Å². The van der Waals surface area contributed by atoms with E-state index in [4.69, 9.17) is 4.74 Å². The summed E-state index contributed by atoms with van der Waals surface area (Å²) in [5.74, 6) is 0.481. The molecule has 0 unspecified atom stereocenters. The number of rotatable bonds is 5. The van der Waals surface area contributed by atoms with Crippen LogP contribution in [0.3, 0.4) is 0 Å². The smallest absolute Gasteiger partial charge is 0.319 e. The summed E-state index contributed by atoms with van der Waals surface area (Å²) >= 11 is 0. The molecular formula is C12H17N3O4. The highest BCUT2D eigenvalue weighted by Gasteiger charge is 2.15. The number of benzene rings is 1. The quantitative estimate of drug-likeness (QED) is 0.632. The van der Waals surface area contributed by atoms with Gasteiger partial charge in [0.15, 0.2) is 5.75 Å². The van der Waals surface area contributed by atoms with E-state index in [1.807, 2.05) is 13.8 Å². The van der Waals surface area contributed by atoms with Gasteiger partial charge in [0, 0.05) is 18.3 Å². The predicted octanol–water partition coefficient (Wildman–Crippen LogP) is 2.38. The zero-order valence-electron chi connectivity index (χ0n) is 11.1. The Balaban J connectivity index is 2.77. The molecule has 104 valence electrons. The van der Waals surface area contributed by atoms with E-state index < -0.39 is 11.0 Å². The number of nitro benzene ring substituents is 1. The molecule has 0 spiro atoms. The molecule has 2 N–H and O–H groups in total. The maximum Gasteiger partial charge on any atom is 0.319 e. The number of anilines is 1. The van der Waals surface area contributed by atoms with Gasteiger partial charge in [0.2, 0.25) is 0 Å². The summed E-state index contributed by atoms with van der Waals surface area (Å²) in [6.07, 6.45) is 0. The van der Waals surface area contributed by atoms with Gasteiger partial charge in [0.05, 0.1) is 12.0 Å². The van der Waals surface area contributed by atoms with E-state index in [0.717, 1.165) is 0 Å². The van der Waals surface area contributed by atoms with Crippen LogP contribution < -0.4 is 15.4 Å². The van der Waals surface area contributed by atoms with Crippen molar-refractivity contribution < 1.29 is 14.5 Å². The van der Waals surface area contributed by atoms with E-state index in [1.54, 1.807) is 6.07 Å². The van der Waals surface area contributed by atoms with Gasteiger partial charge in [-0.2, -0.15) is 0 Å². The summed E-state index contributed by atoms with van der Waals surface area (Å²) in [6, 6.07) is 3.85. The van der Waals surface area contributed by atoms with Gasteiger partial charge < -0.3 is 15.4 Å². The highest BCUT2D eigenvalue weighted by molar-refractivity contribution is 5.89. The fourth-order valence-electron chi connectivity index (χ4n) is 1.38. The van der Waals surface area contributed by atoms with Gasteiger partial charge in [-0.3, -0.25) is 10.1 Å². The SMILES string of the molecule is COc1ccc(NC(=O)NCC(C)C)cc1[N+](=O)[O-]. The number of methoxy groups -OCH3 is 1. The van der Waals surface area contributed by atoms with Crippen molar-refractivity contribution in [3.63, 3.8) is 0 Å². The van der Waals surface area contributed by atoms with Crippen LogP contribution in [0.1, 0.15) is 13.8 Å². The van der Waals surface area contributed by atoms with Crippen LogP contribution in [-0.4, -0.2) is 24.6 Å². The highest BCUT2D eigenvalue weighted by atomic mass is 16.6. The summed E-state index contributed by atoms with van der Waals surface area (Å²) < 4.78 is 4.88. The molecule has 1 aromatic carbocycles. The molecule has 0 fully saturated rings. The normalized spacial score (nSPS) is 10.1. The van der Waals surface area contributed by atoms with E-state index in [-0.39, 0.29) is 11.4 Å². The Morgan fingerprint density at radius 2 is 2.16 bits per heavy atom. The molecule has 0 aliphatic rings. The lowest BCUT2D eigenvalue weighted by Gasteiger charge is -2.10. The second-order valence-electron chi connectivity index (χ2n) is 4.37. The van der Waals surface area contributed by atoms with Crippen molar-refractivity contribution in [2.75, 3.05) is 19.0 Å². The number of nitrogens with zero attached hydrogens (tertiary/aromatic N) is 1. The number of hydrogen-bond donors (Lipinski definition) is 2. The van der Waals surface area contributed by atoms with Crippen LogP contribution in [0.4, 0.5) is 16.2 Å². The van der Waals surface area contributed by atoms with E-state index in [1.165, 1.54) is 19.2 Å². The molecule has 7 nitrogen and oxygen atoms in total. The van der Waals surface area contributed by atoms with Crippen LogP contribution in [0, 0.1) is 16.0 Å². The number of nitrogens with one attached hydrogen (secondary N) is 2. The molecule has 2 amide bonds. The largest absolute Gasteiger partial charge is 0.490 e. The minimum absolute atomic E-state index is 0.151. The zero-order chi connectivity index (χ0) is 14.4. The molecule has 7 heteroatoms. The fraction of sp³-hybridized carbons (Fsp3) is 0.417. The van der Waals surface area contributed by atoms with Crippen molar-refractivity contribution in [1.82, 2.24) is 5.32 Å². The van der Waals surface area contributed by atoms with E-state index in [0.29, 0.717) is 18.2 Å². The highest BCUT2D eigenvalue weighted by Crippen LogP contribution is 2.29. The van der Waals surface area contributed by atoms with Gasteiger partial charge in [-0.15, -0.1) is 0 Å². The topological polar surface area (TPSA) is 93.5 Å². The summed E-state index contributed by atoms with van der Waals surface area (Å²) in [7, 11) is 1.35. The van der Waals surface area contributed by atoms with Gasteiger partial charge in [0.1, 0.15) is 0 Å². The zero-order valence-corrected chi connectivity index (χ0v) is 11.1. The van der Waals surface area contributed by atoms with Crippen LogP contribution in [0.25, 0.3) is 0 Å². The number of hydrogen-bond acceptors (Lipinski definition) is 4. The number of ether oxygens (including phenoxy) is 1. The Morgan fingerprint density at radius 1 is 1.47 bits per heavy atom. The van der Waals surface area contributed by atoms with Gasteiger partial charge >= 0.3 is 11.7 Å². The van der Waals surface area contributed by atoms with Crippen LogP contribution in [0.15, 0.2) is 18.2 Å². The second kappa shape index (κ2) is 6.58. The molecule has 0 atom stereocenters. The summed E-state index contributed by atoms with van der Waals surface area (Å²) in [4.78, 5) is 21.8. The first-order valence-corrected chi connectivity index (χ1v) is 5.81. The average molecular weight is 267 g/mol. The number of urea groups is 1. The van der Waals surface area contributed by atoms with E-state index in [9.17, 15) is 14.9 Å². The fourth-order valence-corrected chi connectivity index (χ4v) is 1.38. The van der Waals surface area contributed by atoms with Crippen LogP contribution in [0.5, 0.6) is 5.75 Å². The Morgan fingerprint density at radius 3 is 2.68 bits per heavy atom. The Labute approximate surface area is 111 Å². The third-order valence-electron chi connectivity index (χ3n) is 2.30. The van der Waals surface area contributed by atoms with Crippen LogP contribution in [-0.2, 0) is 0 Å². The third-order valence-corrected chi connectivity index (χ3v) is 2.30. The molecule has 1 aromatic rings. The van der Waals surface area contributed by atoms with Gasteiger partial charge in [0.25, 0.3) is 0 Å².